The van der Waals surface area contributed by atoms with Crippen LogP contribution in [0.5, 0.6) is 0 Å². The second kappa shape index (κ2) is 2.81. The van der Waals surface area contributed by atoms with Gasteiger partial charge in [0.2, 0.25) is 7.37 Å². The molecule has 0 fully saturated rings. The predicted molar refractivity (Wildman–Crippen MR) is 38.4 cm³/mol. The van der Waals surface area contributed by atoms with E-state index in [2.05, 4.69) is 22.5 Å². The second-order valence-electron chi connectivity index (χ2n) is 1.39. The van der Waals surface area contributed by atoms with Gasteiger partial charge in [0.25, 0.3) is 0 Å². The highest BCUT2D eigenvalue weighted by molar-refractivity contribution is 9.13. The van der Waals surface area contributed by atoms with Gasteiger partial charge < -0.3 is 4.89 Å². The smallest absolute Gasteiger partial charge is 0.235 e. The van der Waals surface area contributed by atoms with Crippen LogP contribution in [0.2, 0.25) is 0 Å². The Kier molecular flexibility index (Phi) is 2.95. The van der Waals surface area contributed by atoms with E-state index in [0.29, 0.717) is 0 Å². The molecule has 0 radical (unpaired) electrons. The maximum absolute atomic E-state index is 10.7. The third-order valence-electron chi connectivity index (χ3n) is 0.808. The molecule has 0 saturated heterocycles. The summed E-state index contributed by atoms with van der Waals surface area (Å²) in [5, 5.41) is 0. The van der Waals surface area contributed by atoms with Crippen molar-refractivity contribution >= 4 is 23.3 Å². The Morgan fingerprint density at radius 1 is 2.00 bits per heavy atom. The van der Waals surface area contributed by atoms with E-state index >= 15 is 0 Å². The molecule has 0 saturated carbocycles. The fraction of sp³-hybridized carbons (Fsp3) is 0.500. The monoisotopic (exact) mass is 198 g/mol. The topological polar surface area (TPSA) is 37.3 Å². The van der Waals surface area contributed by atoms with Crippen molar-refractivity contribution in [2.24, 2.45) is 0 Å². The lowest BCUT2D eigenvalue weighted by molar-refractivity contribution is 0.489. The molecule has 0 aliphatic rings. The zero-order valence-corrected chi connectivity index (χ0v) is 7.08. The Hall–Kier alpha value is 0.410. The molecule has 0 bridgehead atoms. The Labute approximate surface area is 57.2 Å². The number of rotatable bonds is 2. The summed E-state index contributed by atoms with van der Waals surface area (Å²) in [7, 11) is -3.02. The lowest BCUT2D eigenvalue weighted by Crippen LogP contribution is -1.79. The molecule has 0 aliphatic heterocycles. The highest BCUT2D eigenvalue weighted by Crippen LogP contribution is 2.50. The third-order valence-corrected chi connectivity index (χ3v) is 4.09. The van der Waals surface area contributed by atoms with Crippen molar-refractivity contribution in [2.75, 3.05) is 6.16 Å². The van der Waals surface area contributed by atoms with Crippen LogP contribution in [0.25, 0.3) is 0 Å². The summed E-state index contributed by atoms with van der Waals surface area (Å²) in [6, 6.07) is 0. The van der Waals surface area contributed by atoms with E-state index in [9.17, 15) is 4.57 Å². The molecule has 0 heterocycles. The van der Waals surface area contributed by atoms with Gasteiger partial charge in [-0.3, -0.25) is 4.57 Å². The van der Waals surface area contributed by atoms with Gasteiger partial charge in [-0.2, -0.15) is 0 Å². The first-order chi connectivity index (χ1) is 3.50. The van der Waals surface area contributed by atoms with Crippen LogP contribution in [0.15, 0.2) is 10.8 Å². The highest BCUT2D eigenvalue weighted by atomic mass is 79.9. The summed E-state index contributed by atoms with van der Waals surface area (Å²) >= 11 is 2.85. The van der Waals surface area contributed by atoms with E-state index in [1.54, 1.807) is 6.92 Å². The minimum absolute atomic E-state index is 0.201. The number of hydrogen-bond donors (Lipinski definition) is 1. The lowest BCUT2D eigenvalue weighted by Gasteiger charge is -2.03. The zero-order chi connectivity index (χ0) is 6.78. The summed E-state index contributed by atoms with van der Waals surface area (Å²) in [5.74, 6) is 0. The molecule has 4 heteroatoms. The van der Waals surface area contributed by atoms with E-state index in [4.69, 9.17) is 4.89 Å². The SMILES string of the molecule is C=C(Br)P(=O)(O)CC. The standard InChI is InChI=1S/C4H8BrO2P/c1-3-8(6,7)4(2)5/h2-3H2,1H3,(H,6,7). The molecule has 0 aliphatic carbocycles. The van der Waals surface area contributed by atoms with E-state index in [-0.39, 0.29) is 10.4 Å². The van der Waals surface area contributed by atoms with E-state index in [1.807, 2.05) is 0 Å². The largest absolute Gasteiger partial charge is 0.341 e. The summed E-state index contributed by atoms with van der Waals surface area (Å²) in [6.45, 7) is 4.95. The molecule has 8 heavy (non-hydrogen) atoms. The van der Waals surface area contributed by atoms with Crippen molar-refractivity contribution in [1.82, 2.24) is 0 Å². The van der Waals surface area contributed by atoms with Gasteiger partial charge >= 0.3 is 0 Å². The minimum Gasteiger partial charge on any atom is -0.341 e. The van der Waals surface area contributed by atoms with Crippen molar-refractivity contribution in [2.45, 2.75) is 6.92 Å². The van der Waals surface area contributed by atoms with Crippen LogP contribution in [0, 0.1) is 0 Å². The van der Waals surface area contributed by atoms with Gasteiger partial charge in [-0.1, -0.05) is 13.5 Å². The van der Waals surface area contributed by atoms with Gasteiger partial charge in [-0.05, 0) is 15.9 Å². The Balaban J connectivity index is 4.15. The van der Waals surface area contributed by atoms with Gasteiger partial charge in [-0.25, -0.2) is 0 Å². The maximum Gasteiger partial charge on any atom is 0.235 e. The fourth-order valence-electron chi connectivity index (χ4n) is 0.172. The molecule has 48 valence electrons. The quantitative estimate of drug-likeness (QED) is 0.691. The Morgan fingerprint density at radius 3 is 2.38 bits per heavy atom. The Bertz CT molecular complexity index is 143. The van der Waals surface area contributed by atoms with E-state index < -0.39 is 7.37 Å². The first kappa shape index (κ1) is 8.41. The van der Waals surface area contributed by atoms with E-state index in [0.717, 1.165) is 0 Å². The molecule has 1 atom stereocenters. The molecule has 0 aromatic rings. The molecule has 1 N–H and O–H groups in total. The van der Waals surface area contributed by atoms with E-state index in [1.165, 1.54) is 0 Å². The van der Waals surface area contributed by atoms with Gasteiger partial charge in [-0.15, -0.1) is 0 Å². The average Bonchev–Trinajstić information content (AvgIpc) is 1.67. The minimum atomic E-state index is -3.02. The summed E-state index contributed by atoms with van der Waals surface area (Å²) in [6.07, 6.45) is 0.247. The number of halogens is 1. The second-order valence-corrected chi connectivity index (χ2v) is 5.54. The predicted octanol–water partition coefficient (Wildman–Crippen LogP) is 2.14. The van der Waals surface area contributed by atoms with Crippen LogP contribution in [-0.2, 0) is 4.57 Å². The van der Waals surface area contributed by atoms with Crippen molar-refractivity contribution in [1.29, 1.82) is 0 Å². The molecule has 2 nitrogen and oxygen atoms in total. The first-order valence-electron chi connectivity index (χ1n) is 2.17. The van der Waals surface area contributed by atoms with Gasteiger partial charge in [0.15, 0.2) is 0 Å². The number of hydrogen-bond acceptors (Lipinski definition) is 1. The molecule has 0 rings (SSSR count). The summed E-state index contributed by atoms with van der Waals surface area (Å²) in [5.41, 5.74) is 0. The lowest BCUT2D eigenvalue weighted by atomic mass is 11.0. The van der Waals surface area contributed by atoms with Crippen molar-refractivity contribution in [3.05, 3.63) is 10.8 Å². The molecule has 0 aromatic heterocycles. The average molecular weight is 199 g/mol. The van der Waals surface area contributed by atoms with Gasteiger partial charge in [0.05, 0.1) is 4.22 Å². The first-order valence-corrected chi connectivity index (χ1v) is 4.81. The van der Waals surface area contributed by atoms with Crippen LogP contribution in [0.3, 0.4) is 0 Å². The van der Waals surface area contributed by atoms with Crippen LogP contribution >= 0.6 is 23.3 Å². The Morgan fingerprint density at radius 2 is 2.38 bits per heavy atom. The fourth-order valence-corrected chi connectivity index (χ4v) is 1.27. The summed E-state index contributed by atoms with van der Waals surface area (Å²) in [4.78, 5) is 8.81. The van der Waals surface area contributed by atoms with Crippen LogP contribution in [-0.4, -0.2) is 11.1 Å². The van der Waals surface area contributed by atoms with Gasteiger partial charge in [0.1, 0.15) is 0 Å². The zero-order valence-electron chi connectivity index (χ0n) is 4.59. The van der Waals surface area contributed by atoms with Crippen molar-refractivity contribution in [3.63, 3.8) is 0 Å². The third kappa shape index (κ3) is 2.12. The van der Waals surface area contributed by atoms with Gasteiger partial charge in [0, 0.05) is 6.16 Å². The van der Waals surface area contributed by atoms with Crippen LogP contribution in [0.1, 0.15) is 6.92 Å². The van der Waals surface area contributed by atoms with Crippen LogP contribution in [0.4, 0.5) is 0 Å². The molecular weight excluding hydrogens is 191 g/mol. The normalized spacial score (nSPS) is 17.4. The van der Waals surface area contributed by atoms with Crippen LogP contribution < -0.4 is 0 Å². The molecule has 0 amide bonds. The molecule has 1 unspecified atom stereocenters. The molecular formula is C4H8BrO2P. The highest BCUT2D eigenvalue weighted by Gasteiger charge is 2.16. The van der Waals surface area contributed by atoms with Crippen molar-refractivity contribution < 1.29 is 9.46 Å². The summed E-state index contributed by atoms with van der Waals surface area (Å²) < 4.78 is 10.9. The molecule has 0 aromatic carbocycles. The molecule has 0 spiro atoms. The maximum atomic E-state index is 10.7. The van der Waals surface area contributed by atoms with Crippen molar-refractivity contribution in [3.8, 4) is 0 Å².